The van der Waals surface area contributed by atoms with E-state index in [1.807, 2.05) is 0 Å². The molecule has 0 fully saturated rings. The summed E-state index contributed by atoms with van der Waals surface area (Å²) in [7, 11) is 1.54. The quantitative estimate of drug-likeness (QED) is 0.436. The predicted molar refractivity (Wildman–Crippen MR) is 73.6 cm³/mol. The fourth-order valence-corrected chi connectivity index (χ4v) is 1.50. The molecule has 0 aliphatic carbocycles. The lowest BCUT2D eigenvalue weighted by Crippen LogP contribution is -2.39. The van der Waals surface area contributed by atoms with E-state index in [4.69, 9.17) is 4.74 Å². The van der Waals surface area contributed by atoms with Crippen LogP contribution in [0.2, 0.25) is 0 Å². The summed E-state index contributed by atoms with van der Waals surface area (Å²) in [6.07, 6.45) is 1.50. The molecule has 0 saturated heterocycles. The Balaban J connectivity index is 2.72. The summed E-state index contributed by atoms with van der Waals surface area (Å²) in [6.45, 7) is 4.10. The average Bonchev–Trinajstić information content (AvgIpc) is 2.40. The molecular weight excluding hydrogens is 264 g/mol. The number of pyridine rings is 1. The fourth-order valence-electron chi connectivity index (χ4n) is 1.50. The number of ether oxygens (including phenoxy) is 1. The molecule has 1 rings (SSSR count). The number of rotatable bonds is 7. The standard InChI is InChI=1S/C12H18N4O4/c1-8-6-10(16(18)19)11(14-7-8)15-9(2)12(17)13-4-5-20-3/h6-7,9H,4-5H2,1-3H3,(H,13,17)(H,14,15). The van der Waals surface area contributed by atoms with Crippen LogP contribution in [-0.4, -0.2) is 42.1 Å². The molecule has 1 heterocycles. The number of methoxy groups -OCH3 is 1. The minimum absolute atomic E-state index is 0.0787. The Morgan fingerprint density at radius 2 is 2.30 bits per heavy atom. The SMILES string of the molecule is COCCNC(=O)C(C)Nc1ncc(C)cc1[N+](=O)[O-]. The molecular formula is C12H18N4O4. The Labute approximate surface area is 116 Å². The van der Waals surface area contributed by atoms with Crippen LogP contribution in [0.25, 0.3) is 0 Å². The average molecular weight is 282 g/mol. The number of carbonyl (C=O) groups is 1. The smallest absolute Gasteiger partial charge is 0.311 e. The highest BCUT2D eigenvalue weighted by Gasteiger charge is 2.20. The molecule has 20 heavy (non-hydrogen) atoms. The van der Waals surface area contributed by atoms with E-state index in [9.17, 15) is 14.9 Å². The first-order chi connectivity index (χ1) is 9.45. The van der Waals surface area contributed by atoms with Gasteiger partial charge >= 0.3 is 5.69 Å². The van der Waals surface area contributed by atoms with Crippen molar-refractivity contribution in [3.05, 3.63) is 27.9 Å². The van der Waals surface area contributed by atoms with Gasteiger partial charge in [0.1, 0.15) is 6.04 Å². The van der Waals surface area contributed by atoms with E-state index in [0.717, 1.165) is 0 Å². The molecule has 8 heteroatoms. The van der Waals surface area contributed by atoms with Crippen molar-refractivity contribution < 1.29 is 14.5 Å². The summed E-state index contributed by atoms with van der Waals surface area (Å²) < 4.78 is 4.82. The second kappa shape index (κ2) is 7.39. The maximum absolute atomic E-state index is 11.7. The third kappa shape index (κ3) is 4.47. The van der Waals surface area contributed by atoms with Gasteiger partial charge in [0.05, 0.1) is 11.5 Å². The van der Waals surface area contributed by atoms with Crippen LogP contribution in [0.1, 0.15) is 12.5 Å². The zero-order valence-corrected chi connectivity index (χ0v) is 11.7. The van der Waals surface area contributed by atoms with E-state index in [0.29, 0.717) is 18.7 Å². The molecule has 1 aromatic heterocycles. The van der Waals surface area contributed by atoms with Crippen molar-refractivity contribution in [2.75, 3.05) is 25.6 Å². The highest BCUT2D eigenvalue weighted by molar-refractivity contribution is 5.84. The lowest BCUT2D eigenvalue weighted by Gasteiger charge is -2.14. The number of aryl methyl sites for hydroxylation is 1. The summed E-state index contributed by atoms with van der Waals surface area (Å²) in [5, 5.41) is 16.3. The number of hydrogen-bond acceptors (Lipinski definition) is 6. The summed E-state index contributed by atoms with van der Waals surface area (Å²) in [5.41, 5.74) is 0.529. The number of nitrogens with zero attached hydrogens (tertiary/aromatic N) is 2. The molecule has 0 aromatic carbocycles. The Kier molecular flexibility index (Phi) is 5.85. The van der Waals surface area contributed by atoms with E-state index in [-0.39, 0.29) is 17.4 Å². The summed E-state index contributed by atoms with van der Waals surface area (Å²) in [4.78, 5) is 26.1. The Bertz CT molecular complexity index is 492. The number of nitrogens with one attached hydrogen (secondary N) is 2. The van der Waals surface area contributed by atoms with Crippen LogP contribution >= 0.6 is 0 Å². The highest BCUT2D eigenvalue weighted by Crippen LogP contribution is 2.22. The summed E-state index contributed by atoms with van der Waals surface area (Å²) in [5.74, 6) is -0.200. The minimum Gasteiger partial charge on any atom is -0.383 e. The number of anilines is 1. The lowest BCUT2D eigenvalue weighted by atomic mass is 10.2. The van der Waals surface area contributed by atoms with Gasteiger partial charge in [0.25, 0.3) is 0 Å². The van der Waals surface area contributed by atoms with Crippen molar-refractivity contribution >= 4 is 17.4 Å². The Morgan fingerprint density at radius 1 is 1.60 bits per heavy atom. The second-order valence-corrected chi connectivity index (χ2v) is 4.29. The van der Waals surface area contributed by atoms with Crippen molar-refractivity contribution in [1.82, 2.24) is 10.3 Å². The van der Waals surface area contributed by atoms with Gasteiger partial charge in [-0.25, -0.2) is 4.98 Å². The first kappa shape index (κ1) is 15.8. The van der Waals surface area contributed by atoms with Gasteiger partial charge in [-0.2, -0.15) is 0 Å². The molecule has 0 bridgehead atoms. The number of amides is 1. The zero-order chi connectivity index (χ0) is 15.1. The van der Waals surface area contributed by atoms with E-state index >= 15 is 0 Å². The van der Waals surface area contributed by atoms with Crippen molar-refractivity contribution in [2.24, 2.45) is 0 Å². The van der Waals surface area contributed by atoms with Gasteiger partial charge in [-0.05, 0) is 19.4 Å². The number of hydrogen-bond donors (Lipinski definition) is 2. The van der Waals surface area contributed by atoms with Crippen molar-refractivity contribution in [1.29, 1.82) is 0 Å². The summed E-state index contributed by atoms with van der Waals surface area (Å²) >= 11 is 0. The zero-order valence-electron chi connectivity index (χ0n) is 11.7. The van der Waals surface area contributed by atoms with Gasteiger partial charge < -0.3 is 15.4 Å². The van der Waals surface area contributed by atoms with Crippen molar-refractivity contribution in [2.45, 2.75) is 19.9 Å². The molecule has 1 unspecified atom stereocenters. The van der Waals surface area contributed by atoms with Crippen LogP contribution in [0.3, 0.4) is 0 Å². The van der Waals surface area contributed by atoms with E-state index < -0.39 is 11.0 Å². The van der Waals surface area contributed by atoms with Crippen LogP contribution in [0.4, 0.5) is 11.5 Å². The molecule has 8 nitrogen and oxygen atoms in total. The molecule has 0 radical (unpaired) electrons. The summed E-state index contributed by atoms with van der Waals surface area (Å²) in [6, 6.07) is 0.769. The van der Waals surface area contributed by atoms with Crippen LogP contribution in [0.5, 0.6) is 0 Å². The van der Waals surface area contributed by atoms with Gasteiger partial charge in [-0.1, -0.05) is 0 Å². The van der Waals surface area contributed by atoms with Crippen molar-refractivity contribution in [3.63, 3.8) is 0 Å². The normalized spacial score (nSPS) is 11.8. The topological polar surface area (TPSA) is 106 Å². The van der Waals surface area contributed by atoms with Gasteiger partial charge in [-0.15, -0.1) is 0 Å². The molecule has 0 spiro atoms. The first-order valence-corrected chi connectivity index (χ1v) is 6.10. The maximum atomic E-state index is 11.7. The van der Waals surface area contributed by atoms with E-state index in [1.54, 1.807) is 13.8 Å². The molecule has 1 amide bonds. The van der Waals surface area contributed by atoms with E-state index in [2.05, 4.69) is 15.6 Å². The van der Waals surface area contributed by atoms with Gasteiger partial charge in [-0.3, -0.25) is 14.9 Å². The molecule has 0 aliphatic rings. The first-order valence-electron chi connectivity index (χ1n) is 6.10. The third-order valence-corrected chi connectivity index (χ3v) is 2.55. The third-order valence-electron chi connectivity index (χ3n) is 2.55. The fraction of sp³-hybridized carbons (Fsp3) is 0.500. The van der Waals surface area contributed by atoms with Crippen LogP contribution in [0, 0.1) is 17.0 Å². The van der Waals surface area contributed by atoms with Gasteiger partial charge in [0, 0.05) is 25.9 Å². The molecule has 1 aromatic rings. The molecule has 2 N–H and O–H groups in total. The van der Waals surface area contributed by atoms with Crippen LogP contribution in [0.15, 0.2) is 12.3 Å². The van der Waals surface area contributed by atoms with Crippen LogP contribution in [-0.2, 0) is 9.53 Å². The second-order valence-electron chi connectivity index (χ2n) is 4.29. The highest BCUT2D eigenvalue weighted by atomic mass is 16.6. The van der Waals surface area contributed by atoms with Crippen molar-refractivity contribution in [3.8, 4) is 0 Å². The molecule has 0 aliphatic heterocycles. The number of aromatic nitrogens is 1. The van der Waals surface area contributed by atoms with Gasteiger partial charge in [0.2, 0.25) is 11.7 Å². The van der Waals surface area contributed by atoms with Gasteiger partial charge in [0.15, 0.2) is 0 Å². The largest absolute Gasteiger partial charge is 0.383 e. The maximum Gasteiger partial charge on any atom is 0.311 e. The predicted octanol–water partition coefficient (Wildman–Crippen LogP) is 0.861. The van der Waals surface area contributed by atoms with Crippen LogP contribution < -0.4 is 10.6 Å². The molecule has 1 atom stereocenters. The minimum atomic E-state index is -0.638. The number of nitro groups is 1. The lowest BCUT2D eigenvalue weighted by molar-refractivity contribution is -0.384. The Hall–Kier alpha value is -2.22. The van der Waals surface area contributed by atoms with E-state index in [1.165, 1.54) is 19.4 Å². The molecule has 0 saturated carbocycles. The Morgan fingerprint density at radius 3 is 2.90 bits per heavy atom. The molecule has 110 valence electrons. The number of carbonyl (C=O) groups excluding carboxylic acids is 1. The monoisotopic (exact) mass is 282 g/mol.